The van der Waals surface area contributed by atoms with Crippen molar-refractivity contribution < 1.29 is 19.4 Å². The maximum absolute atomic E-state index is 12.4. The van der Waals surface area contributed by atoms with Gasteiger partial charge in [-0.15, -0.1) is 0 Å². The van der Waals surface area contributed by atoms with Crippen molar-refractivity contribution in [2.45, 2.75) is 13.0 Å². The first-order valence-corrected chi connectivity index (χ1v) is 7.17. The van der Waals surface area contributed by atoms with Gasteiger partial charge < -0.3 is 14.7 Å². The second-order valence-corrected chi connectivity index (χ2v) is 5.45. The summed E-state index contributed by atoms with van der Waals surface area (Å²) in [5.41, 5.74) is 1.43. The molecule has 1 N–H and O–H groups in total. The monoisotopic (exact) mass is 313 g/mol. The summed E-state index contributed by atoms with van der Waals surface area (Å²) in [7, 11) is 3.19. The minimum atomic E-state index is -1.06. The van der Waals surface area contributed by atoms with E-state index in [9.17, 15) is 14.7 Å². The van der Waals surface area contributed by atoms with Crippen LogP contribution >= 0.6 is 0 Å². The predicted octanol–water partition coefficient (Wildman–Crippen LogP) is 2.69. The lowest BCUT2D eigenvalue weighted by molar-refractivity contribution is -0.138. The molecule has 2 rings (SSSR count). The van der Waals surface area contributed by atoms with Crippen molar-refractivity contribution in [3.63, 3.8) is 0 Å². The zero-order valence-corrected chi connectivity index (χ0v) is 13.3. The third-order valence-corrected chi connectivity index (χ3v) is 3.36. The van der Waals surface area contributed by atoms with Crippen molar-refractivity contribution in [2.75, 3.05) is 14.1 Å². The van der Waals surface area contributed by atoms with Crippen molar-refractivity contribution in [3.05, 3.63) is 65.2 Å². The number of likely N-dealkylation sites (N-methyl/N-ethyl adjacent to an activating group) is 1. The summed E-state index contributed by atoms with van der Waals surface area (Å²) in [6.45, 7) is 1.80. The molecule has 2 aromatic rings. The Morgan fingerprint density at radius 2 is 1.74 bits per heavy atom. The minimum absolute atomic E-state index is 0.0393. The van der Waals surface area contributed by atoms with Gasteiger partial charge in [0.25, 0.3) is 5.91 Å². The van der Waals surface area contributed by atoms with E-state index >= 15 is 0 Å². The number of carbonyl (C=O) groups excluding carboxylic acids is 2. The fourth-order valence-corrected chi connectivity index (χ4v) is 2.11. The summed E-state index contributed by atoms with van der Waals surface area (Å²) in [5, 5.41) is 9.84. The molecule has 5 heteroatoms. The number of phenolic OH excluding ortho intramolecular Hbond substituents is 1. The number of hydrogen-bond donors (Lipinski definition) is 1. The zero-order valence-electron chi connectivity index (χ0n) is 13.3. The zero-order chi connectivity index (χ0) is 17.0. The molecule has 0 unspecified atom stereocenters. The summed E-state index contributed by atoms with van der Waals surface area (Å²) in [4.78, 5) is 26.1. The number of aryl methyl sites for hydroxylation is 1. The van der Waals surface area contributed by atoms with E-state index in [1.165, 1.54) is 17.0 Å². The minimum Gasteiger partial charge on any atom is -0.507 e. The van der Waals surface area contributed by atoms with Crippen molar-refractivity contribution in [3.8, 4) is 5.75 Å². The lowest BCUT2D eigenvalue weighted by Gasteiger charge is -2.21. The average Bonchev–Trinajstić information content (AvgIpc) is 2.54. The van der Waals surface area contributed by atoms with E-state index in [0.717, 1.165) is 5.56 Å². The number of amides is 1. The second-order valence-electron chi connectivity index (χ2n) is 5.45. The SMILES string of the molecule is Cc1ccc(O)c(C(=O)O[C@H](C(=O)N(C)C)c2ccccc2)c1. The molecule has 0 radical (unpaired) electrons. The van der Waals surface area contributed by atoms with Crippen LogP contribution < -0.4 is 0 Å². The largest absolute Gasteiger partial charge is 0.507 e. The van der Waals surface area contributed by atoms with Gasteiger partial charge in [0.05, 0.1) is 0 Å². The summed E-state index contributed by atoms with van der Waals surface area (Å²) in [5.74, 6) is -1.27. The van der Waals surface area contributed by atoms with Crippen LogP contribution in [0.1, 0.15) is 27.6 Å². The number of aromatic hydroxyl groups is 1. The van der Waals surface area contributed by atoms with Crippen LogP contribution in [0.15, 0.2) is 48.5 Å². The molecule has 1 amide bonds. The second kappa shape index (κ2) is 6.96. The maximum Gasteiger partial charge on any atom is 0.343 e. The molecule has 0 saturated carbocycles. The molecule has 5 nitrogen and oxygen atoms in total. The molecule has 0 saturated heterocycles. The lowest BCUT2D eigenvalue weighted by Crippen LogP contribution is -2.31. The van der Waals surface area contributed by atoms with E-state index in [1.807, 2.05) is 6.07 Å². The third kappa shape index (κ3) is 3.88. The summed E-state index contributed by atoms with van der Waals surface area (Å²) in [6.07, 6.45) is -1.06. The van der Waals surface area contributed by atoms with Gasteiger partial charge in [0.1, 0.15) is 11.3 Å². The number of hydrogen-bond acceptors (Lipinski definition) is 4. The van der Waals surface area contributed by atoms with Gasteiger partial charge in [0.2, 0.25) is 6.10 Å². The van der Waals surface area contributed by atoms with Crippen molar-refractivity contribution >= 4 is 11.9 Å². The van der Waals surface area contributed by atoms with Crippen molar-refractivity contribution in [1.29, 1.82) is 0 Å². The molecule has 0 aliphatic heterocycles. The fraction of sp³-hybridized carbons (Fsp3) is 0.222. The number of benzene rings is 2. The molecule has 0 heterocycles. The van der Waals surface area contributed by atoms with Gasteiger partial charge in [-0.2, -0.15) is 0 Å². The quantitative estimate of drug-likeness (QED) is 0.881. The lowest BCUT2D eigenvalue weighted by atomic mass is 10.1. The van der Waals surface area contributed by atoms with E-state index < -0.39 is 12.1 Å². The standard InChI is InChI=1S/C18H19NO4/c1-12-9-10-15(20)14(11-12)18(22)23-16(17(21)19(2)3)13-7-5-4-6-8-13/h4-11,16,20H,1-3H3/t16-/m0/s1. The van der Waals surface area contributed by atoms with Gasteiger partial charge in [-0.05, 0) is 19.1 Å². The van der Waals surface area contributed by atoms with Crippen LogP contribution in [0.5, 0.6) is 5.75 Å². The van der Waals surface area contributed by atoms with Crippen LogP contribution in [0.3, 0.4) is 0 Å². The number of carbonyl (C=O) groups is 2. The first-order valence-electron chi connectivity index (χ1n) is 7.17. The van der Waals surface area contributed by atoms with Gasteiger partial charge in [0, 0.05) is 19.7 Å². The highest BCUT2D eigenvalue weighted by Gasteiger charge is 2.27. The normalized spacial score (nSPS) is 11.6. The topological polar surface area (TPSA) is 66.8 Å². The molecule has 0 spiro atoms. The third-order valence-electron chi connectivity index (χ3n) is 3.36. The number of esters is 1. The molecule has 0 fully saturated rings. The molecular weight excluding hydrogens is 294 g/mol. The van der Waals surface area contributed by atoms with E-state index in [4.69, 9.17) is 4.74 Å². The maximum atomic E-state index is 12.4. The van der Waals surface area contributed by atoms with Gasteiger partial charge >= 0.3 is 5.97 Å². The van der Waals surface area contributed by atoms with Gasteiger partial charge in [-0.3, -0.25) is 4.79 Å². The van der Waals surface area contributed by atoms with E-state index in [1.54, 1.807) is 51.4 Å². The predicted molar refractivity (Wildman–Crippen MR) is 86.1 cm³/mol. The highest BCUT2D eigenvalue weighted by Crippen LogP contribution is 2.25. The molecule has 0 aromatic heterocycles. The van der Waals surface area contributed by atoms with Crippen LogP contribution in [-0.2, 0) is 9.53 Å². The number of rotatable bonds is 4. The van der Waals surface area contributed by atoms with Crippen LogP contribution in [0.25, 0.3) is 0 Å². The molecule has 0 aliphatic carbocycles. The first kappa shape index (κ1) is 16.5. The summed E-state index contributed by atoms with van der Waals surface area (Å²) < 4.78 is 5.39. The Bertz CT molecular complexity index is 710. The number of nitrogens with zero attached hydrogens (tertiary/aromatic N) is 1. The molecule has 0 aliphatic rings. The van der Waals surface area contributed by atoms with Crippen LogP contribution in [-0.4, -0.2) is 36.0 Å². The Labute approximate surface area is 135 Å². The van der Waals surface area contributed by atoms with Crippen LogP contribution in [0, 0.1) is 6.92 Å². The van der Waals surface area contributed by atoms with Gasteiger partial charge in [0.15, 0.2) is 0 Å². The highest BCUT2D eigenvalue weighted by molar-refractivity contribution is 5.95. The van der Waals surface area contributed by atoms with Gasteiger partial charge in [-0.25, -0.2) is 4.79 Å². The van der Waals surface area contributed by atoms with E-state index in [-0.39, 0.29) is 17.2 Å². The van der Waals surface area contributed by atoms with Crippen LogP contribution in [0.4, 0.5) is 0 Å². The average molecular weight is 313 g/mol. The summed E-state index contributed by atoms with van der Waals surface area (Å²) in [6, 6.07) is 13.4. The van der Waals surface area contributed by atoms with Crippen LogP contribution in [0.2, 0.25) is 0 Å². The Morgan fingerprint density at radius 1 is 1.09 bits per heavy atom. The van der Waals surface area contributed by atoms with E-state index in [0.29, 0.717) is 5.56 Å². The fourth-order valence-electron chi connectivity index (χ4n) is 2.11. The number of ether oxygens (including phenoxy) is 1. The first-order chi connectivity index (χ1) is 10.9. The van der Waals surface area contributed by atoms with E-state index in [2.05, 4.69) is 0 Å². The van der Waals surface area contributed by atoms with Gasteiger partial charge in [-0.1, -0.05) is 42.0 Å². The van der Waals surface area contributed by atoms with Crippen molar-refractivity contribution in [1.82, 2.24) is 4.90 Å². The molecule has 1 atom stereocenters. The Kier molecular flexibility index (Phi) is 5.01. The number of phenols is 1. The van der Waals surface area contributed by atoms with Crippen molar-refractivity contribution in [2.24, 2.45) is 0 Å². The molecule has 0 bridgehead atoms. The smallest absolute Gasteiger partial charge is 0.343 e. The Balaban J connectivity index is 2.32. The molecule has 120 valence electrons. The molecule has 23 heavy (non-hydrogen) atoms. The highest BCUT2D eigenvalue weighted by atomic mass is 16.5. The summed E-state index contributed by atoms with van der Waals surface area (Å²) >= 11 is 0. The Hall–Kier alpha value is -2.82. The molecular formula is C18H19NO4. The molecule has 2 aromatic carbocycles. The Morgan fingerprint density at radius 3 is 2.35 bits per heavy atom.